The van der Waals surface area contributed by atoms with E-state index in [2.05, 4.69) is 5.32 Å². The summed E-state index contributed by atoms with van der Waals surface area (Å²) in [5.74, 6) is -4.25. The maximum absolute atomic E-state index is 12.2. The Hall–Kier alpha value is -1.67. The Labute approximate surface area is 114 Å². The van der Waals surface area contributed by atoms with Crippen LogP contribution in [-0.4, -0.2) is 50.9 Å². The second kappa shape index (κ2) is 4.71. The van der Waals surface area contributed by atoms with Crippen molar-refractivity contribution in [2.24, 2.45) is 23.5 Å². The SMILES string of the molecule is C[C@@H](O)[C@H](NC(=O)[C@]1(N)CC[C@H]2[C@H](C(=O)O)[C@H]21)C(=O)O. The molecule has 2 saturated carbocycles. The summed E-state index contributed by atoms with van der Waals surface area (Å²) in [4.78, 5) is 34.1. The molecule has 2 aliphatic rings. The van der Waals surface area contributed by atoms with Crippen molar-refractivity contribution < 1.29 is 29.7 Å². The Morgan fingerprint density at radius 2 is 1.95 bits per heavy atom. The topological polar surface area (TPSA) is 150 Å². The third-order valence-corrected chi connectivity index (χ3v) is 4.40. The number of nitrogens with two attached hydrogens (primary N) is 1. The van der Waals surface area contributed by atoms with Gasteiger partial charge in [0.2, 0.25) is 5.91 Å². The summed E-state index contributed by atoms with van der Waals surface area (Å²) >= 11 is 0. The largest absolute Gasteiger partial charge is 0.481 e. The van der Waals surface area contributed by atoms with Crippen LogP contribution in [0.2, 0.25) is 0 Å². The number of aliphatic hydroxyl groups excluding tert-OH is 1. The quantitative estimate of drug-likeness (QED) is 0.407. The average Bonchev–Trinajstić information content (AvgIpc) is 2.98. The number of nitrogens with one attached hydrogen (secondary N) is 1. The number of fused-ring (bicyclic) bond motifs is 1. The maximum atomic E-state index is 12.2. The molecule has 0 spiro atoms. The number of hydrogen-bond acceptors (Lipinski definition) is 5. The van der Waals surface area contributed by atoms with Gasteiger partial charge in [-0.25, -0.2) is 4.79 Å². The van der Waals surface area contributed by atoms with Gasteiger partial charge in [0.1, 0.15) is 0 Å². The predicted molar refractivity (Wildman–Crippen MR) is 65.5 cm³/mol. The molecule has 8 heteroatoms. The van der Waals surface area contributed by atoms with Gasteiger partial charge in [-0.15, -0.1) is 0 Å². The van der Waals surface area contributed by atoms with Crippen LogP contribution in [-0.2, 0) is 14.4 Å². The molecule has 2 rings (SSSR count). The lowest BCUT2D eigenvalue weighted by molar-refractivity contribution is -0.146. The number of carboxylic acids is 2. The summed E-state index contributed by atoms with van der Waals surface area (Å²) in [6.07, 6.45) is -0.408. The highest BCUT2D eigenvalue weighted by Gasteiger charge is 2.69. The first-order valence-electron chi connectivity index (χ1n) is 6.43. The standard InChI is InChI=1S/C12H18N2O6/c1-4(15)8(10(18)19)14-11(20)12(13)3-2-5-6(7(5)12)9(16)17/h4-8,15H,2-3,13H2,1H3,(H,14,20)(H,16,17)(H,18,19)/t4-,5+,6+,7+,8+,12+/m1/s1. The van der Waals surface area contributed by atoms with Gasteiger partial charge in [-0.1, -0.05) is 0 Å². The van der Waals surface area contributed by atoms with E-state index in [0.717, 1.165) is 0 Å². The molecule has 6 N–H and O–H groups in total. The van der Waals surface area contributed by atoms with Gasteiger partial charge in [-0.2, -0.15) is 0 Å². The van der Waals surface area contributed by atoms with Crippen molar-refractivity contribution in [3.63, 3.8) is 0 Å². The number of amides is 1. The highest BCUT2D eigenvalue weighted by molar-refractivity contribution is 5.93. The number of carboxylic acid groups (broad SMARTS) is 2. The lowest BCUT2D eigenvalue weighted by Crippen LogP contribution is -2.60. The molecule has 0 aromatic rings. The lowest BCUT2D eigenvalue weighted by atomic mass is 9.90. The molecular formula is C12H18N2O6. The van der Waals surface area contributed by atoms with E-state index in [0.29, 0.717) is 12.8 Å². The van der Waals surface area contributed by atoms with Crippen LogP contribution in [0.1, 0.15) is 19.8 Å². The van der Waals surface area contributed by atoms with E-state index in [9.17, 15) is 19.5 Å². The number of carbonyl (C=O) groups is 3. The molecule has 8 nitrogen and oxygen atoms in total. The van der Waals surface area contributed by atoms with Crippen LogP contribution >= 0.6 is 0 Å². The molecule has 2 aliphatic carbocycles. The zero-order valence-corrected chi connectivity index (χ0v) is 10.9. The maximum Gasteiger partial charge on any atom is 0.328 e. The van der Waals surface area contributed by atoms with Crippen LogP contribution in [0.3, 0.4) is 0 Å². The molecule has 0 saturated heterocycles. The Morgan fingerprint density at radius 3 is 2.35 bits per heavy atom. The van der Waals surface area contributed by atoms with Crippen molar-refractivity contribution in [3.05, 3.63) is 0 Å². The molecule has 1 amide bonds. The number of hydrogen-bond donors (Lipinski definition) is 5. The van der Waals surface area contributed by atoms with E-state index < -0.39 is 47.4 Å². The summed E-state index contributed by atoms with van der Waals surface area (Å²) in [5.41, 5.74) is 4.65. The van der Waals surface area contributed by atoms with Crippen molar-refractivity contribution in [1.29, 1.82) is 0 Å². The smallest absolute Gasteiger partial charge is 0.328 e. The van der Waals surface area contributed by atoms with Gasteiger partial charge in [0, 0.05) is 5.92 Å². The van der Waals surface area contributed by atoms with Crippen molar-refractivity contribution in [1.82, 2.24) is 5.32 Å². The summed E-state index contributed by atoms with van der Waals surface area (Å²) < 4.78 is 0. The molecular weight excluding hydrogens is 268 g/mol. The second-order valence-electron chi connectivity index (χ2n) is 5.66. The molecule has 0 aromatic heterocycles. The monoisotopic (exact) mass is 286 g/mol. The summed E-state index contributed by atoms with van der Waals surface area (Å²) in [6.45, 7) is 1.25. The van der Waals surface area contributed by atoms with Gasteiger partial charge < -0.3 is 26.4 Å². The van der Waals surface area contributed by atoms with Gasteiger partial charge in [0.25, 0.3) is 0 Å². The average molecular weight is 286 g/mol. The molecule has 0 radical (unpaired) electrons. The van der Waals surface area contributed by atoms with Gasteiger partial charge in [0.15, 0.2) is 6.04 Å². The molecule has 0 bridgehead atoms. The summed E-state index contributed by atoms with van der Waals surface area (Å²) in [5, 5.41) is 29.5. The zero-order valence-electron chi connectivity index (χ0n) is 10.9. The fourth-order valence-electron chi connectivity index (χ4n) is 3.27. The molecule has 112 valence electrons. The molecule has 2 fully saturated rings. The fourth-order valence-corrected chi connectivity index (χ4v) is 3.27. The van der Waals surface area contributed by atoms with Crippen molar-refractivity contribution in [2.45, 2.75) is 37.5 Å². The van der Waals surface area contributed by atoms with E-state index in [1.165, 1.54) is 6.92 Å². The number of rotatable bonds is 5. The minimum atomic E-state index is -1.45. The van der Waals surface area contributed by atoms with E-state index in [1.54, 1.807) is 0 Å². The molecule has 0 heterocycles. The Bertz CT molecular complexity index is 465. The zero-order chi connectivity index (χ0) is 15.2. The number of aliphatic carboxylic acids is 2. The van der Waals surface area contributed by atoms with E-state index >= 15 is 0 Å². The first-order chi connectivity index (χ1) is 9.20. The normalized spacial score (nSPS) is 37.6. The minimum Gasteiger partial charge on any atom is -0.481 e. The summed E-state index contributed by atoms with van der Waals surface area (Å²) in [7, 11) is 0. The van der Waals surface area contributed by atoms with E-state index in [4.69, 9.17) is 15.9 Å². The van der Waals surface area contributed by atoms with Crippen LogP contribution in [0.15, 0.2) is 0 Å². The summed E-state index contributed by atoms with van der Waals surface area (Å²) in [6, 6.07) is -1.45. The molecule has 6 atom stereocenters. The van der Waals surface area contributed by atoms with Crippen molar-refractivity contribution in [2.75, 3.05) is 0 Å². The third kappa shape index (κ3) is 2.14. The first kappa shape index (κ1) is 14.7. The minimum absolute atomic E-state index is 0.113. The van der Waals surface area contributed by atoms with E-state index in [1.807, 2.05) is 0 Å². The molecule has 0 aliphatic heterocycles. The molecule has 0 unspecified atom stereocenters. The predicted octanol–water partition coefficient (Wildman–Crippen LogP) is -1.63. The molecule has 0 aromatic carbocycles. The Balaban J connectivity index is 2.09. The van der Waals surface area contributed by atoms with E-state index in [-0.39, 0.29) is 5.92 Å². The van der Waals surface area contributed by atoms with Gasteiger partial charge in [-0.3, -0.25) is 9.59 Å². The van der Waals surface area contributed by atoms with Crippen LogP contribution < -0.4 is 11.1 Å². The third-order valence-electron chi connectivity index (χ3n) is 4.40. The van der Waals surface area contributed by atoms with Gasteiger partial charge in [-0.05, 0) is 25.7 Å². The number of carbonyl (C=O) groups excluding carboxylic acids is 1. The van der Waals surface area contributed by atoms with Crippen LogP contribution in [0.25, 0.3) is 0 Å². The van der Waals surface area contributed by atoms with Crippen LogP contribution in [0, 0.1) is 17.8 Å². The highest BCUT2D eigenvalue weighted by atomic mass is 16.4. The van der Waals surface area contributed by atoms with Crippen molar-refractivity contribution in [3.8, 4) is 0 Å². The Kier molecular flexibility index (Phi) is 3.47. The van der Waals surface area contributed by atoms with Gasteiger partial charge >= 0.3 is 11.9 Å². The molecule has 20 heavy (non-hydrogen) atoms. The van der Waals surface area contributed by atoms with Crippen molar-refractivity contribution >= 4 is 17.8 Å². The first-order valence-corrected chi connectivity index (χ1v) is 6.43. The Morgan fingerprint density at radius 1 is 1.35 bits per heavy atom. The van der Waals surface area contributed by atoms with Crippen LogP contribution in [0.5, 0.6) is 0 Å². The number of aliphatic hydroxyl groups is 1. The second-order valence-corrected chi connectivity index (χ2v) is 5.66. The highest BCUT2D eigenvalue weighted by Crippen LogP contribution is 2.61. The fraction of sp³-hybridized carbons (Fsp3) is 0.750. The lowest BCUT2D eigenvalue weighted by Gasteiger charge is -2.28. The van der Waals surface area contributed by atoms with Crippen LogP contribution in [0.4, 0.5) is 0 Å². The van der Waals surface area contributed by atoms with Gasteiger partial charge in [0.05, 0.1) is 17.6 Å².